The number of aryl methyl sites for hydroxylation is 1. The van der Waals surface area contributed by atoms with E-state index >= 15 is 0 Å². The van der Waals surface area contributed by atoms with Crippen molar-refractivity contribution in [2.24, 2.45) is 7.05 Å². The maximum atomic E-state index is 11.5. The van der Waals surface area contributed by atoms with E-state index in [9.17, 15) is 9.59 Å². The smallest absolute Gasteiger partial charge is 0.409 e. The van der Waals surface area contributed by atoms with Gasteiger partial charge in [-0.3, -0.25) is 4.79 Å². The predicted molar refractivity (Wildman–Crippen MR) is 68.3 cm³/mol. The normalized spacial score (nSPS) is 11.1. The van der Waals surface area contributed by atoms with E-state index in [1.54, 1.807) is 13.2 Å². The number of aromatic nitrogens is 1. The van der Waals surface area contributed by atoms with E-state index in [0.29, 0.717) is 4.47 Å². The minimum atomic E-state index is -0.591. The van der Waals surface area contributed by atoms with Crippen LogP contribution in [0.2, 0.25) is 0 Å². The highest BCUT2D eigenvalue weighted by atomic mass is 79.9. The number of amides is 1. The molecule has 0 radical (unpaired) electrons. The van der Waals surface area contributed by atoms with Crippen LogP contribution in [0.3, 0.4) is 0 Å². The first-order valence-corrected chi connectivity index (χ1v) is 5.84. The summed E-state index contributed by atoms with van der Waals surface area (Å²) >= 11 is 3.22. The Balaban J connectivity index is 2.86. The summed E-state index contributed by atoms with van der Waals surface area (Å²) in [5.74, 6) is 0.204. The van der Waals surface area contributed by atoms with Gasteiger partial charge in [0.25, 0.3) is 5.56 Å². The topological polar surface area (TPSA) is 60.3 Å². The van der Waals surface area contributed by atoms with Crippen molar-refractivity contribution in [3.63, 3.8) is 0 Å². The number of nitrogens with zero attached hydrogens (tertiary/aromatic N) is 1. The second-order valence-corrected chi connectivity index (χ2v) is 5.55. The molecule has 1 N–H and O–H groups in total. The summed E-state index contributed by atoms with van der Waals surface area (Å²) in [6.45, 7) is 5.52. The lowest BCUT2D eigenvalue weighted by Gasteiger charge is -2.20. The van der Waals surface area contributed by atoms with E-state index in [-0.39, 0.29) is 16.8 Å². The van der Waals surface area contributed by atoms with E-state index in [0.717, 1.165) is 0 Å². The average Bonchev–Trinajstić information content (AvgIpc) is 2.11. The summed E-state index contributed by atoms with van der Waals surface area (Å²) in [7, 11) is 1.62. The molecule has 94 valence electrons. The number of hydrogen-bond donors (Lipinski definition) is 1. The fraction of sp³-hybridized carbons (Fsp3) is 0.455. The number of halogens is 1. The molecular weight excluding hydrogens is 288 g/mol. The second-order valence-electron chi connectivity index (χ2n) is 4.70. The quantitative estimate of drug-likeness (QED) is 0.863. The largest absolute Gasteiger partial charge is 0.413 e. The van der Waals surface area contributed by atoms with Crippen LogP contribution in [-0.2, 0) is 7.05 Å². The van der Waals surface area contributed by atoms with Crippen molar-refractivity contribution in [1.29, 1.82) is 0 Å². The molecule has 0 spiro atoms. The lowest BCUT2D eigenvalue weighted by atomic mass is 10.1. The number of pyridine rings is 1. The zero-order chi connectivity index (χ0) is 13.2. The van der Waals surface area contributed by atoms with Gasteiger partial charge in [0.05, 0.1) is 4.47 Å². The molecule has 0 aliphatic carbocycles. The Morgan fingerprint density at radius 3 is 2.59 bits per heavy atom. The van der Waals surface area contributed by atoms with Crippen LogP contribution in [-0.4, -0.2) is 16.2 Å². The molecule has 0 saturated carbocycles. The summed E-state index contributed by atoms with van der Waals surface area (Å²) in [6.07, 6.45) is 0.952. The highest BCUT2D eigenvalue weighted by Gasteiger charge is 2.16. The number of carbonyl (C=O) groups is 1. The van der Waals surface area contributed by atoms with Crippen molar-refractivity contribution in [3.05, 3.63) is 27.1 Å². The molecule has 0 aromatic carbocycles. The van der Waals surface area contributed by atoms with Crippen LogP contribution in [0.25, 0.3) is 0 Å². The van der Waals surface area contributed by atoms with Crippen LogP contribution in [0.15, 0.2) is 21.5 Å². The number of carbonyl (C=O) groups excluding carboxylic acids is 1. The van der Waals surface area contributed by atoms with E-state index in [4.69, 9.17) is 4.74 Å². The van der Waals surface area contributed by atoms with Gasteiger partial charge >= 0.3 is 6.09 Å². The lowest BCUT2D eigenvalue weighted by molar-refractivity contribution is 0.190. The molecule has 1 rings (SSSR count). The maximum Gasteiger partial charge on any atom is 0.413 e. The standard InChI is InChI=1S/C11H15BrN2O3/c1-11(2,3)13-10(16)17-8-5-9(15)14(4)6-7(8)12/h5-6H,1-4H3,(H,13,16). The lowest BCUT2D eigenvalue weighted by Crippen LogP contribution is -2.42. The monoisotopic (exact) mass is 302 g/mol. The fourth-order valence-corrected chi connectivity index (χ4v) is 1.59. The Morgan fingerprint density at radius 2 is 2.06 bits per heavy atom. The minimum absolute atomic E-state index is 0.204. The van der Waals surface area contributed by atoms with Crippen molar-refractivity contribution in [3.8, 4) is 5.75 Å². The number of hydrogen-bond acceptors (Lipinski definition) is 3. The molecule has 1 aromatic rings. The molecule has 0 atom stereocenters. The molecule has 5 nitrogen and oxygen atoms in total. The third kappa shape index (κ3) is 4.22. The Labute approximate surface area is 108 Å². The Bertz CT molecular complexity index is 488. The minimum Gasteiger partial charge on any atom is -0.409 e. The highest BCUT2D eigenvalue weighted by molar-refractivity contribution is 9.10. The van der Waals surface area contributed by atoms with Crippen molar-refractivity contribution in [1.82, 2.24) is 9.88 Å². The van der Waals surface area contributed by atoms with Gasteiger partial charge in [-0.2, -0.15) is 0 Å². The molecule has 6 heteroatoms. The van der Waals surface area contributed by atoms with Gasteiger partial charge < -0.3 is 14.6 Å². The molecular formula is C11H15BrN2O3. The number of rotatable bonds is 1. The Kier molecular flexibility index (Phi) is 3.98. The Morgan fingerprint density at radius 1 is 1.47 bits per heavy atom. The molecule has 1 amide bonds. The van der Waals surface area contributed by atoms with Gasteiger partial charge in [0.1, 0.15) is 0 Å². The zero-order valence-corrected chi connectivity index (χ0v) is 11.8. The van der Waals surface area contributed by atoms with Crippen molar-refractivity contribution in [2.45, 2.75) is 26.3 Å². The highest BCUT2D eigenvalue weighted by Crippen LogP contribution is 2.22. The van der Waals surface area contributed by atoms with Crippen LogP contribution < -0.4 is 15.6 Å². The summed E-state index contributed by atoms with van der Waals surface area (Å²) in [5, 5.41) is 2.64. The maximum absolute atomic E-state index is 11.5. The third-order valence-electron chi connectivity index (χ3n) is 1.82. The molecule has 0 bridgehead atoms. The first kappa shape index (κ1) is 13.8. The summed E-state index contributed by atoms with van der Waals surface area (Å²) < 4.78 is 6.98. The third-order valence-corrected chi connectivity index (χ3v) is 2.42. The zero-order valence-electron chi connectivity index (χ0n) is 10.2. The fourth-order valence-electron chi connectivity index (χ4n) is 1.09. The van der Waals surface area contributed by atoms with Crippen LogP contribution in [0.1, 0.15) is 20.8 Å². The van der Waals surface area contributed by atoms with Crippen molar-refractivity contribution in [2.75, 3.05) is 0 Å². The molecule has 1 aromatic heterocycles. The molecule has 0 aliphatic rings. The SMILES string of the molecule is Cn1cc(Br)c(OC(=O)NC(C)(C)C)cc1=O. The molecule has 0 fully saturated rings. The van der Waals surface area contributed by atoms with Gasteiger partial charge in [0.15, 0.2) is 5.75 Å². The summed E-state index contributed by atoms with van der Waals surface area (Å²) in [5.41, 5.74) is -0.629. The van der Waals surface area contributed by atoms with Crippen LogP contribution >= 0.6 is 15.9 Å². The molecule has 17 heavy (non-hydrogen) atoms. The van der Waals surface area contributed by atoms with E-state index in [1.807, 2.05) is 20.8 Å². The summed E-state index contributed by atoms with van der Waals surface area (Å²) in [4.78, 5) is 22.9. The molecule has 1 heterocycles. The van der Waals surface area contributed by atoms with Gasteiger partial charge in [0.2, 0.25) is 0 Å². The van der Waals surface area contributed by atoms with Crippen molar-refractivity contribution < 1.29 is 9.53 Å². The van der Waals surface area contributed by atoms with Gasteiger partial charge in [-0.15, -0.1) is 0 Å². The van der Waals surface area contributed by atoms with E-state index in [1.165, 1.54) is 10.6 Å². The predicted octanol–water partition coefficient (Wildman–Crippen LogP) is 2.03. The molecule has 0 saturated heterocycles. The Hall–Kier alpha value is -1.30. The summed E-state index contributed by atoms with van der Waals surface area (Å²) in [6, 6.07) is 1.26. The van der Waals surface area contributed by atoms with Crippen LogP contribution in [0.5, 0.6) is 5.75 Å². The first-order valence-electron chi connectivity index (χ1n) is 5.05. The van der Waals surface area contributed by atoms with E-state index in [2.05, 4.69) is 21.2 Å². The van der Waals surface area contributed by atoms with Crippen LogP contribution in [0.4, 0.5) is 4.79 Å². The van der Waals surface area contributed by atoms with Gasteiger partial charge in [0, 0.05) is 24.8 Å². The van der Waals surface area contributed by atoms with Crippen molar-refractivity contribution >= 4 is 22.0 Å². The average molecular weight is 303 g/mol. The van der Waals surface area contributed by atoms with Crippen LogP contribution in [0, 0.1) is 0 Å². The van der Waals surface area contributed by atoms with Gasteiger partial charge in [-0.25, -0.2) is 4.79 Å². The molecule has 0 aliphatic heterocycles. The van der Waals surface area contributed by atoms with Gasteiger partial charge in [-0.1, -0.05) is 0 Å². The first-order chi connectivity index (χ1) is 7.69. The number of nitrogens with one attached hydrogen (secondary N) is 1. The number of ether oxygens (including phenoxy) is 1. The van der Waals surface area contributed by atoms with Gasteiger partial charge in [-0.05, 0) is 36.7 Å². The van der Waals surface area contributed by atoms with E-state index < -0.39 is 6.09 Å². The second kappa shape index (κ2) is 4.91. The molecule has 0 unspecified atom stereocenters.